The highest BCUT2D eigenvalue weighted by molar-refractivity contribution is 9.11. The number of thiophene rings is 1. The molecule has 0 unspecified atom stereocenters. The summed E-state index contributed by atoms with van der Waals surface area (Å²) in [5.41, 5.74) is 2.00. The Morgan fingerprint density at radius 3 is 2.45 bits per heavy atom. The molecule has 0 radical (unpaired) electrons. The number of hydrogen-bond acceptors (Lipinski definition) is 2. The van der Waals surface area contributed by atoms with Crippen LogP contribution in [0.4, 0.5) is 0 Å². The minimum atomic E-state index is -0.804. The summed E-state index contributed by atoms with van der Waals surface area (Å²) in [5.74, 6) is -0.804. The van der Waals surface area contributed by atoms with Gasteiger partial charge in [-0.25, -0.2) is 0 Å². The Bertz CT molecular complexity index is 792. The zero-order valence-corrected chi connectivity index (χ0v) is 12.9. The fourth-order valence-corrected chi connectivity index (χ4v) is 3.78. The Labute approximate surface area is 128 Å². The lowest BCUT2D eigenvalue weighted by Gasteiger charge is -2.09. The molecule has 0 saturated heterocycles. The van der Waals surface area contributed by atoms with Gasteiger partial charge in [0.25, 0.3) is 0 Å². The molecule has 0 aliphatic rings. The lowest BCUT2D eigenvalue weighted by molar-refractivity contribution is -0.136. The number of hydrogen-bond donors (Lipinski definition) is 1. The first kappa shape index (κ1) is 13.3. The van der Waals surface area contributed by atoms with Crippen molar-refractivity contribution < 1.29 is 9.90 Å². The van der Waals surface area contributed by atoms with E-state index >= 15 is 0 Å². The highest BCUT2D eigenvalue weighted by Crippen LogP contribution is 2.36. The number of fused-ring (bicyclic) bond motifs is 1. The summed E-state index contributed by atoms with van der Waals surface area (Å²) in [6.45, 7) is 0. The molecule has 4 heteroatoms. The van der Waals surface area contributed by atoms with E-state index in [-0.39, 0.29) is 6.42 Å². The summed E-state index contributed by atoms with van der Waals surface area (Å²) in [5, 5.41) is 11.1. The number of carbonyl (C=O) groups is 1. The van der Waals surface area contributed by atoms with Crippen molar-refractivity contribution in [1.29, 1.82) is 0 Å². The molecule has 2 nitrogen and oxygen atoms in total. The Balaban J connectivity index is 2.23. The van der Waals surface area contributed by atoms with Gasteiger partial charge in [0, 0.05) is 4.88 Å². The molecule has 20 heavy (non-hydrogen) atoms. The number of carboxylic acid groups (broad SMARTS) is 1. The normalized spacial score (nSPS) is 10.8. The van der Waals surface area contributed by atoms with Crippen LogP contribution in [-0.2, 0) is 11.2 Å². The average molecular weight is 347 g/mol. The Kier molecular flexibility index (Phi) is 3.59. The molecule has 0 aliphatic heterocycles. The molecule has 1 N–H and O–H groups in total. The van der Waals surface area contributed by atoms with E-state index in [2.05, 4.69) is 22.0 Å². The fraction of sp³-hybridized carbons (Fsp3) is 0.0625. The van der Waals surface area contributed by atoms with Crippen LogP contribution in [0.25, 0.3) is 21.2 Å². The van der Waals surface area contributed by atoms with Gasteiger partial charge in [0.15, 0.2) is 0 Å². The van der Waals surface area contributed by atoms with Crippen molar-refractivity contribution in [3.8, 4) is 10.4 Å². The second-order valence-electron chi connectivity index (χ2n) is 4.49. The van der Waals surface area contributed by atoms with Gasteiger partial charge in [0.2, 0.25) is 0 Å². The van der Waals surface area contributed by atoms with Crippen LogP contribution in [0.3, 0.4) is 0 Å². The highest BCUT2D eigenvalue weighted by atomic mass is 79.9. The molecule has 1 heterocycles. The second kappa shape index (κ2) is 5.38. The predicted octanol–water partition coefficient (Wildman–Crippen LogP) is 4.96. The van der Waals surface area contributed by atoms with Crippen LogP contribution >= 0.6 is 27.3 Å². The predicted molar refractivity (Wildman–Crippen MR) is 86.3 cm³/mol. The lowest BCUT2D eigenvalue weighted by Crippen LogP contribution is -2.00. The van der Waals surface area contributed by atoms with Crippen LogP contribution in [0.1, 0.15) is 5.56 Å². The molecule has 3 rings (SSSR count). The van der Waals surface area contributed by atoms with Crippen molar-refractivity contribution in [1.82, 2.24) is 0 Å². The van der Waals surface area contributed by atoms with E-state index in [1.165, 1.54) is 4.88 Å². The minimum absolute atomic E-state index is 0.0505. The minimum Gasteiger partial charge on any atom is -0.481 e. The smallest absolute Gasteiger partial charge is 0.307 e. The molecule has 0 atom stereocenters. The molecule has 100 valence electrons. The van der Waals surface area contributed by atoms with Gasteiger partial charge in [-0.15, -0.1) is 11.3 Å². The van der Waals surface area contributed by atoms with Crippen LogP contribution in [0.2, 0.25) is 0 Å². The summed E-state index contributed by atoms with van der Waals surface area (Å²) in [6.07, 6.45) is 0.0505. The Hall–Kier alpha value is -1.65. The van der Waals surface area contributed by atoms with Crippen molar-refractivity contribution in [3.05, 3.63) is 57.9 Å². The first-order chi connectivity index (χ1) is 9.65. The van der Waals surface area contributed by atoms with E-state index in [1.54, 1.807) is 11.3 Å². The third kappa shape index (κ3) is 2.49. The number of rotatable bonds is 3. The van der Waals surface area contributed by atoms with Gasteiger partial charge in [-0.1, -0.05) is 36.4 Å². The summed E-state index contributed by atoms with van der Waals surface area (Å²) in [7, 11) is 0. The van der Waals surface area contributed by atoms with E-state index in [4.69, 9.17) is 5.11 Å². The summed E-state index contributed by atoms with van der Waals surface area (Å²) >= 11 is 5.16. The maximum Gasteiger partial charge on any atom is 0.307 e. The SMILES string of the molecule is O=C(O)Cc1ccc(-c2ccc(Br)s2)c2ccccc12. The van der Waals surface area contributed by atoms with Crippen LogP contribution < -0.4 is 0 Å². The summed E-state index contributed by atoms with van der Waals surface area (Å²) in [6, 6.07) is 16.0. The standard InChI is InChI=1S/C16H11BrO2S/c17-15-8-7-14(20-15)13-6-5-10(9-16(18)19)11-3-1-2-4-12(11)13/h1-8H,9H2,(H,18,19). The second-order valence-corrected chi connectivity index (χ2v) is 6.96. The Morgan fingerprint density at radius 2 is 1.80 bits per heavy atom. The van der Waals surface area contributed by atoms with Crippen molar-refractivity contribution in [2.75, 3.05) is 0 Å². The first-order valence-electron chi connectivity index (χ1n) is 6.13. The molecule has 0 amide bonds. The topological polar surface area (TPSA) is 37.3 Å². The maximum absolute atomic E-state index is 11.0. The molecule has 3 aromatic rings. The molecule has 0 aliphatic carbocycles. The first-order valence-corrected chi connectivity index (χ1v) is 7.74. The van der Waals surface area contributed by atoms with Crippen molar-refractivity contribution in [2.24, 2.45) is 0 Å². The van der Waals surface area contributed by atoms with E-state index in [9.17, 15) is 4.79 Å². The third-order valence-electron chi connectivity index (χ3n) is 3.19. The zero-order chi connectivity index (χ0) is 14.1. The van der Waals surface area contributed by atoms with Gasteiger partial charge >= 0.3 is 5.97 Å². The molecular weight excluding hydrogens is 336 g/mol. The number of aliphatic carboxylic acids is 1. The average Bonchev–Trinajstić information content (AvgIpc) is 2.85. The molecular formula is C16H11BrO2S. The van der Waals surface area contributed by atoms with Crippen molar-refractivity contribution in [3.63, 3.8) is 0 Å². The molecule has 1 aromatic heterocycles. The highest BCUT2D eigenvalue weighted by Gasteiger charge is 2.11. The van der Waals surface area contributed by atoms with E-state index in [1.807, 2.05) is 42.5 Å². The van der Waals surface area contributed by atoms with Crippen LogP contribution in [0.15, 0.2) is 52.3 Å². The van der Waals surface area contributed by atoms with Gasteiger partial charge in [-0.2, -0.15) is 0 Å². The molecule has 0 fully saturated rings. The number of carboxylic acids is 1. The van der Waals surface area contributed by atoms with Crippen LogP contribution in [0.5, 0.6) is 0 Å². The fourth-order valence-electron chi connectivity index (χ4n) is 2.35. The zero-order valence-electron chi connectivity index (χ0n) is 10.5. The maximum atomic E-state index is 11.0. The number of halogens is 1. The molecule has 0 saturated carbocycles. The number of benzene rings is 2. The van der Waals surface area contributed by atoms with E-state index < -0.39 is 5.97 Å². The quantitative estimate of drug-likeness (QED) is 0.727. The Morgan fingerprint density at radius 1 is 1.05 bits per heavy atom. The van der Waals surface area contributed by atoms with Gasteiger partial charge in [-0.3, -0.25) is 4.79 Å². The summed E-state index contributed by atoms with van der Waals surface area (Å²) < 4.78 is 1.09. The van der Waals surface area contributed by atoms with E-state index in [0.717, 1.165) is 25.7 Å². The van der Waals surface area contributed by atoms with E-state index in [0.29, 0.717) is 0 Å². The molecule has 2 aromatic carbocycles. The van der Waals surface area contributed by atoms with Gasteiger partial charge in [0.05, 0.1) is 10.2 Å². The summed E-state index contributed by atoms with van der Waals surface area (Å²) in [4.78, 5) is 12.1. The monoisotopic (exact) mass is 346 g/mol. The van der Waals surface area contributed by atoms with Gasteiger partial charge in [0.1, 0.15) is 0 Å². The van der Waals surface area contributed by atoms with Crippen LogP contribution in [-0.4, -0.2) is 11.1 Å². The van der Waals surface area contributed by atoms with Crippen molar-refractivity contribution >= 4 is 44.0 Å². The largest absolute Gasteiger partial charge is 0.481 e. The van der Waals surface area contributed by atoms with Crippen LogP contribution in [0, 0.1) is 0 Å². The molecule has 0 spiro atoms. The van der Waals surface area contributed by atoms with Crippen molar-refractivity contribution in [2.45, 2.75) is 6.42 Å². The van der Waals surface area contributed by atoms with Gasteiger partial charge < -0.3 is 5.11 Å². The van der Waals surface area contributed by atoms with Gasteiger partial charge in [-0.05, 0) is 50.0 Å². The molecule has 0 bridgehead atoms. The lowest BCUT2D eigenvalue weighted by atomic mass is 9.97. The third-order valence-corrected chi connectivity index (χ3v) is 4.85.